The number of ether oxygens (including phenoxy) is 2. The van der Waals surface area contributed by atoms with E-state index in [-0.39, 0.29) is 13.3 Å². The van der Waals surface area contributed by atoms with Gasteiger partial charge in [-0.3, -0.25) is 9.69 Å². The first kappa shape index (κ1) is 18.8. The first-order valence-electron chi connectivity index (χ1n) is 8.47. The zero-order chi connectivity index (χ0) is 17.2. The molecule has 1 aromatic heterocycles. The number of rotatable bonds is 10. The SMILES string of the molecule is CCCCCCOc1nsnc1C1=CCCN(COC(=O)CN)C1. The molecule has 1 aliphatic rings. The predicted octanol–water partition coefficient (Wildman–Crippen LogP) is 2.05. The summed E-state index contributed by atoms with van der Waals surface area (Å²) in [5, 5.41) is 0. The van der Waals surface area contributed by atoms with E-state index in [0.717, 1.165) is 30.7 Å². The predicted molar refractivity (Wildman–Crippen MR) is 93.7 cm³/mol. The van der Waals surface area contributed by atoms with Gasteiger partial charge in [0.25, 0.3) is 5.88 Å². The average molecular weight is 354 g/mol. The maximum absolute atomic E-state index is 11.2. The maximum atomic E-state index is 11.2. The van der Waals surface area contributed by atoms with Crippen LogP contribution in [0.4, 0.5) is 0 Å². The second kappa shape index (κ2) is 10.4. The van der Waals surface area contributed by atoms with E-state index in [1.54, 1.807) is 0 Å². The van der Waals surface area contributed by atoms with Gasteiger partial charge in [-0.1, -0.05) is 32.3 Å². The third kappa shape index (κ3) is 5.85. The fraction of sp³-hybridized carbons (Fsp3) is 0.688. The molecule has 0 amide bonds. The smallest absolute Gasteiger partial charge is 0.321 e. The van der Waals surface area contributed by atoms with Crippen LogP contribution in [0.3, 0.4) is 0 Å². The molecule has 2 rings (SSSR count). The highest BCUT2D eigenvalue weighted by Gasteiger charge is 2.20. The van der Waals surface area contributed by atoms with E-state index in [2.05, 4.69) is 21.7 Å². The third-order valence-corrected chi connectivity index (χ3v) is 4.32. The number of hydrogen-bond donors (Lipinski definition) is 1. The topological polar surface area (TPSA) is 90.6 Å². The molecule has 8 heteroatoms. The third-order valence-electron chi connectivity index (χ3n) is 3.80. The summed E-state index contributed by atoms with van der Waals surface area (Å²) in [6, 6.07) is 0. The second-order valence-electron chi connectivity index (χ2n) is 5.75. The minimum Gasteiger partial charge on any atom is -0.475 e. The van der Waals surface area contributed by atoms with Crippen molar-refractivity contribution in [1.29, 1.82) is 0 Å². The Bertz CT molecular complexity index is 547. The lowest BCUT2D eigenvalue weighted by Crippen LogP contribution is -2.34. The molecule has 134 valence electrons. The minimum absolute atomic E-state index is 0.0947. The van der Waals surface area contributed by atoms with Crippen molar-refractivity contribution in [1.82, 2.24) is 13.6 Å². The monoisotopic (exact) mass is 354 g/mol. The number of carbonyl (C=O) groups excluding carboxylic acids is 1. The van der Waals surface area contributed by atoms with Gasteiger partial charge in [0.1, 0.15) is 12.4 Å². The minimum atomic E-state index is -0.391. The highest BCUT2D eigenvalue weighted by molar-refractivity contribution is 6.99. The highest BCUT2D eigenvalue weighted by Crippen LogP contribution is 2.27. The lowest BCUT2D eigenvalue weighted by molar-refractivity contribution is -0.146. The molecule has 1 aromatic rings. The van der Waals surface area contributed by atoms with E-state index < -0.39 is 5.97 Å². The summed E-state index contributed by atoms with van der Waals surface area (Å²) >= 11 is 1.17. The normalized spacial score (nSPS) is 15.2. The van der Waals surface area contributed by atoms with Crippen LogP contribution < -0.4 is 10.5 Å². The summed E-state index contributed by atoms with van der Waals surface area (Å²) in [7, 11) is 0. The summed E-state index contributed by atoms with van der Waals surface area (Å²) in [5.41, 5.74) is 7.13. The van der Waals surface area contributed by atoms with Crippen molar-refractivity contribution in [3.05, 3.63) is 11.8 Å². The Labute approximate surface area is 147 Å². The lowest BCUT2D eigenvalue weighted by Gasteiger charge is -2.26. The average Bonchev–Trinajstić information content (AvgIpc) is 3.08. The van der Waals surface area contributed by atoms with E-state index in [4.69, 9.17) is 15.2 Å². The van der Waals surface area contributed by atoms with E-state index in [1.807, 2.05) is 4.90 Å². The van der Waals surface area contributed by atoms with Crippen LogP contribution >= 0.6 is 11.7 Å². The molecule has 0 aromatic carbocycles. The van der Waals surface area contributed by atoms with Crippen molar-refractivity contribution in [2.75, 3.05) is 33.0 Å². The van der Waals surface area contributed by atoms with Crippen LogP contribution in [0.25, 0.3) is 5.57 Å². The largest absolute Gasteiger partial charge is 0.475 e. The number of esters is 1. The van der Waals surface area contributed by atoms with Crippen LogP contribution in [0.1, 0.15) is 44.7 Å². The number of unbranched alkanes of at least 4 members (excludes halogenated alkanes) is 3. The van der Waals surface area contributed by atoms with E-state index in [9.17, 15) is 4.79 Å². The molecule has 2 heterocycles. The molecule has 24 heavy (non-hydrogen) atoms. The van der Waals surface area contributed by atoms with Gasteiger partial charge >= 0.3 is 5.97 Å². The fourth-order valence-corrected chi connectivity index (χ4v) is 3.01. The Morgan fingerprint density at radius 3 is 3.04 bits per heavy atom. The van der Waals surface area contributed by atoms with Crippen molar-refractivity contribution < 1.29 is 14.3 Å². The number of aromatic nitrogens is 2. The van der Waals surface area contributed by atoms with Gasteiger partial charge in [0.2, 0.25) is 0 Å². The van der Waals surface area contributed by atoms with Gasteiger partial charge in [0, 0.05) is 13.1 Å². The Balaban J connectivity index is 1.86. The van der Waals surface area contributed by atoms with Gasteiger partial charge in [0.05, 0.1) is 24.9 Å². The first-order chi connectivity index (χ1) is 11.7. The first-order valence-corrected chi connectivity index (χ1v) is 9.20. The molecule has 0 aliphatic carbocycles. The fourth-order valence-electron chi connectivity index (χ4n) is 2.48. The van der Waals surface area contributed by atoms with Crippen molar-refractivity contribution in [3.8, 4) is 5.88 Å². The molecule has 2 N–H and O–H groups in total. The number of carbonyl (C=O) groups is 1. The molecule has 0 saturated carbocycles. The van der Waals surface area contributed by atoms with Crippen LogP contribution in [-0.2, 0) is 9.53 Å². The van der Waals surface area contributed by atoms with Gasteiger partial charge < -0.3 is 15.2 Å². The molecule has 0 unspecified atom stereocenters. The standard InChI is InChI=1S/C16H26N4O3S/c1-2-3-4-5-9-22-16-15(18-24-19-16)13-7-6-8-20(11-13)12-23-14(21)10-17/h7H,2-6,8-12,17H2,1H3. The molecule has 0 saturated heterocycles. The molecule has 0 spiro atoms. The highest BCUT2D eigenvalue weighted by atomic mass is 32.1. The Morgan fingerprint density at radius 2 is 2.25 bits per heavy atom. The van der Waals surface area contributed by atoms with E-state index >= 15 is 0 Å². The summed E-state index contributed by atoms with van der Waals surface area (Å²) < 4.78 is 19.6. The van der Waals surface area contributed by atoms with E-state index in [1.165, 1.54) is 31.0 Å². The van der Waals surface area contributed by atoms with Gasteiger partial charge in [0.15, 0.2) is 0 Å². The molecule has 0 fully saturated rings. The molecule has 0 radical (unpaired) electrons. The number of hydrogen-bond acceptors (Lipinski definition) is 8. The van der Waals surface area contributed by atoms with Crippen LogP contribution in [0.2, 0.25) is 0 Å². The van der Waals surface area contributed by atoms with Crippen molar-refractivity contribution >= 4 is 23.3 Å². The summed E-state index contributed by atoms with van der Waals surface area (Å²) in [6.45, 7) is 4.52. The second-order valence-corrected chi connectivity index (χ2v) is 6.28. The van der Waals surface area contributed by atoms with Gasteiger partial charge in [-0.25, -0.2) is 0 Å². The molecular formula is C16H26N4O3S. The van der Waals surface area contributed by atoms with Crippen LogP contribution in [0, 0.1) is 0 Å². The van der Waals surface area contributed by atoms with Crippen molar-refractivity contribution in [3.63, 3.8) is 0 Å². The summed E-state index contributed by atoms with van der Waals surface area (Å²) in [6.07, 6.45) is 7.68. The molecular weight excluding hydrogens is 328 g/mol. The number of nitrogens with two attached hydrogens (primary N) is 1. The molecule has 1 aliphatic heterocycles. The Morgan fingerprint density at radius 1 is 1.38 bits per heavy atom. The quantitative estimate of drug-likeness (QED) is 0.508. The molecule has 7 nitrogen and oxygen atoms in total. The number of nitrogens with zero attached hydrogens (tertiary/aromatic N) is 3. The van der Waals surface area contributed by atoms with Crippen LogP contribution in [-0.4, -0.2) is 52.6 Å². The van der Waals surface area contributed by atoms with Crippen molar-refractivity contribution in [2.45, 2.75) is 39.0 Å². The molecule has 0 atom stereocenters. The lowest BCUT2D eigenvalue weighted by atomic mass is 10.1. The van der Waals surface area contributed by atoms with Crippen LogP contribution in [0.15, 0.2) is 6.08 Å². The zero-order valence-corrected chi connectivity index (χ0v) is 15.0. The van der Waals surface area contributed by atoms with Crippen molar-refractivity contribution in [2.24, 2.45) is 5.73 Å². The zero-order valence-electron chi connectivity index (χ0n) is 14.2. The van der Waals surface area contributed by atoms with Crippen LogP contribution in [0.5, 0.6) is 5.88 Å². The Kier molecular flexibility index (Phi) is 8.14. The summed E-state index contributed by atoms with van der Waals surface area (Å²) in [5.74, 6) is 0.223. The van der Waals surface area contributed by atoms with Gasteiger partial charge in [-0.2, -0.15) is 4.37 Å². The van der Waals surface area contributed by atoms with E-state index in [0.29, 0.717) is 19.0 Å². The summed E-state index contributed by atoms with van der Waals surface area (Å²) in [4.78, 5) is 13.2. The van der Waals surface area contributed by atoms with Gasteiger partial charge in [-0.15, -0.1) is 4.37 Å². The molecule has 0 bridgehead atoms. The van der Waals surface area contributed by atoms with Gasteiger partial charge in [-0.05, 0) is 18.4 Å². The Hall–Kier alpha value is -1.51. The maximum Gasteiger partial charge on any atom is 0.321 e.